The van der Waals surface area contributed by atoms with E-state index >= 15 is 0 Å². The molecule has 1 aliphatic heterocycles. The second kappa shape index (κ2) is 11.0. The second-order valence-corrected chi connectivity index (χ2v) is 8.74. The smallest absolute Gasteiger partial charge is 0.261 e. The molecule has 1 saturated carbocycles. The van der Waals surface area contributed by atoms with Crippen LogP contribution in [0.4, 0.5) is 0 Å². The van der Waals surface area contributed by atoms with Crippen LogP contribution < -0.4 is 15.4 Å². The Bertz CT molecular complexity index is 943. The van der Waals surface area contributed by atoms with Crippen LogP contribution in [0.15, 0.2) is 60.7 Å². The molecular formula is C26H31N3O4. The number of hydrogen-bond donors (Lipinski definition) is 2. The first kappa shape index (κ1) is 22.8. The molecule has 7 heteroatoms. The van der Waals surface area contributed by atoms with Crippen LogP contribution in [0.25, 0.3) is 0 Å². The Morgan fingerprint density at radius 3 is 2.09 bits per heavy atom. The lowest BCUT2D eigenvalue weighted by Gasteiger charge is -2.31. The Kier molecular flexibility index (Phi) is 7.60. The molecule has 0 bridgehead atoms. The van der Waals surface area contributed by atoms with Gasteiger partial charge in [-0.3, -0.25) is 14.4 Å². The van der Waals surface area contributed by atoms with E-state index in [9.17, 15) is 14.4 Å². The number of hydrogen-bond acceptors (Lipinski definition) is 4. The third-order valence-electron chi connectivity index (χ3n) is 6.43. The average molecular weight is 450 g/mol. The molecule has 4 rings (SSSR count). The summed E-state index contributed by atoms with van der Waals surface area (Å²) in [6.07, 6.45) is 4.74. The van der Waals surface area contributed by atoms with E-state index in [1.165, 1.54) is 0 Å². The molecule has 33 heavy (non-hydrogen) atoms. The van der Waals surface area contributed by atoms with Crippen LogP contribution in [0, 0.1) is 0 Å². The zero-order valence-corrected chi connectivity index (χ0v) is 18.7. The lowest BCUT2D eigenvalue weighted by atomic mass is 9.90. The van der Waals surface area contributed by atoms with Crippen molar-refractivity contribution in [1.29, 1.82) is 0 Å². The highest BCUT2D eigenvalue weighted by molar-refractivity contribution is 5.94. The normalized spacial score (nSPS) is 22.4. The van der Waals surface area contributed by atoms with E-state index in [1.54, 1.807) is 29.2 Å². The number of rotatable bonds is 7. The fourth-order valence-electron chi connectivity index (χ4n) is 4.62. The minimum Gasteiger partial charge on any atom is -0.484 e. The van der Waals surface area contributed by atoms with Crippen molar-refractivity contribution in [1.82, 2.24) is 15.5 Å². The Hall–Kier alpha value is -3.35. The third kappa shape index (κ3) is 6.12. The first-order valence-electron chi connectivity index (χ1n) is 11.7. The van der Waals surface area contributed by atoms with Gasteiger partial charge < -0.3 is 20.3 Å². The van der Waals surface area contributed by atoms with Crippen LogP contribution in [0.2, 0.25) is 0 Å². The predicted molar refractivity (Wildman–Crippen MR) is 125 cm³/mol. The quantitative estimate of drug-likeness (QED) is 0.680. The van der Waals surface area contributed by atoms with Gasteiger partial charge in [-0.05, 0) is 62.8 Å². The molecular weight excluding hydrogens is 418 g/mol. The molecule has 0 spiro atoms. The summed E-state index contributed by atoms with van der Waals surface area (Å²) in [4.78, 5) is 39.6. The Morgan fingerprint density at radius 1 is 0.818 bits per heavy atom. The summed E-state index contributed by atoms with van der Waals surface area (Å²) in [5.41, 5.74) is 0.662. The molecule has 7 nitrogen and oxygen atoms in total. The van der Waals surface area contributed by atoms with Crippen LogP contribution in [0.5, 0.6) is 5.75 Å². The predicted octanol–water partition coefficient (Wildman–Crippen LogP) is 2.91. The minimum atomic E-state index is -0.438. The van der Waals surface area contributed by atoms with Crippen molar-refractivity contribution in [2.45, 2.75) is 56.7 Å². The highest BCUT2D eigenvalue weighted by Crippen LogP contribution is 2.22. The van der Waals surface area contributed by atoms with E-state index in [2.05, 4.69) is 10.6 Å². The van der Waals surface area contributed by atoms with Crippen LogP contribution in [-0.2, 0) is 9.59 Å². The van der Waals surface area contributed by atoms with Crippen molar-refractivity contribution >= 4 is 17.7 Å². The molecule has 2 aromatic rings. The van der Waals surface area contributed by atoms with Crippen LogP contribution >= 0.6 is 0 Å². The highest BCUT2D eigenvalue weighted by atomic mass is 16.5. The van der Waals surface area contributed by atoms with Gasteiger partial charge in [-0.2, -0.15) is 0 Å². The number of carbonyl (C=O) groups is 3. The van der Waals surface area contributed by atoms with Gasteiger partial charge in [0.25, 0.3) is 11.8 Å². The van der Waals surface area contributed by atoms with E-state index in [0.717, 1.165) is 32.1 Å². The molecule has 0 aromatic heterocycles. The zero-order chi connectivity index (χ0) is 23.0. The fourth-order valence-corrected chi connectivity index (χ4v) is 4.62. The van der Waals surface area contributed by atoms with Gasteiger partial charge in [0, 0.05) is 24.2 Å². The maximum Gasteiger partial charge on any atom is 0.261 e. The van der Waals surface area contributed by atoms with Crippen LogP contribution in [0.1, 0.15) is 48.9 Å². The Morgan fingerprint density at radius 2 is 1.42 bits per heavy atom. The van der Waals surface area contributed by atoms with Crippen LogP contribution in [0.3, 0.4) is 0 Å². The van der Waals surface area contributed by atoms with Crippen molar-refractivity contribution in [3.8, 4) is 5.75 Å². The summed E-state index contributed by atoms with van der Waals surface area (Å²) in [6.45, 7) is 0.507. The molecule has 174 valence electrons. The zero-order valence-electron chi connectivity index (χ0n) is 18.7. The molecule has 2 fully saturated rings. The molecule has 1 aliphatic carbocycles. The number of likely N-dealkylation sites (tertiary alicyclic amines) is 1. The molecule has 0 radical (unpaired) electrons. The molecule has 1 heterocycles. The Balaban J connectivity index is 1.22. The monoisotopic (exact) mass is 449 g/mol. The van der Waals surface area contributed by atoms with Gasteiger partial charge in [-0.15, -0.1) is 0 Å². The SMILES string of the molecule is O=C(NC1CCC(NC(=O)[C@@H]2CCCN2C(=O)COc2ccccc2)CC1)c1ccccc1. The maximum absolute atomic E-state index is 12.9. The van der Waals surface area contributed by atoms with Gasteiger partial charge in [0.15, 0.2) is 6.61 Å². The van der Waals surface area contributed by atoms with Crippen molar-refractivity contribution in [3.05, 3.63) is 66.2 Å². The topological polar surface area (TPSA) is 87.7 Å². The number of nitrogens with zero attached hydrogens (tertiary/aromatic N) is 1. The van der Waals surface area contributed by atoms with E-state index < -0.39 is 6.04 Å². The second-order valence-electron chi connectivity index (χ2n) is 8.74. The number of ether oxygens (including phenoxy) is 1. The van der Waals surface area contributed by atoms with Gasteiger partial charge in [-0.25, -0.2) is 0 Å². The molecule has 0 unspecified atom stereocenters. The summed E-state index contributed by atoms with van der Waals surface area (Å²) in [6, 6.07) is 18.2. The third-order valence-corrected chi connectivity index (χ3v) is 6.43. The van der Waals surface area contributed by atoms with Crippen LogP contribution in [-0.4, -0.2) is 53.9 Å². The summed E-state index contributed by atoms with van der Waals surface area (Å²) in [5, 5.41) is 6.23. The number of para-hydroxylation sites is 1. The summed E-state index contributed by atoms with van der Waals surface area (Å²) >= 11 is 0. The molecule has 1 atom stereocenters. The number of benzene rings is 2. The first-order valence-corrected chi connectivity index (χ1v) is 11.7. The van der Waals surface area contributed by atoms with Gasteiger partial charge in [0.1, 0.15) is 11.8 Å². The number of amides is 3. The molecule has 3 amide bonds. The molecule has 1 saturated heterocycles. The standard InChI is InChI=1S/C26H31N3O4/c30-24(18-33-22-10-5-2-6-11-22)29-17-7-12-23(29)26(32)28-21-15-13-20(14-16-21)27-25(31)19-8-3-1-4-9-19/h1-6,8-11,20-21,23H,7,12-18H2,(H,27,31)(H,28,32)/t20?,21?,23-/m0/s1. The summed E-state index contributed by atoms with van der Waals surface area (Å²) in [7, 11) is 0. The molecule has 2 aliphatic rings. The van der Waals surface area contributed by atoms with E-state index in [0.29, 0.717) is 24.3 Å². The van der Waals surface area contributed by atoms with Crippen molar-refractivity contribution in [3.63, 3.8) is 0 Å². The molecule has 2 N–H and O–H groups in total. The summed E-state index contributed by atoms with van der Waals surface area (Å²) in [5.74, 6) is 0.337. The van der Waals surface area contributed by atoms with E-state index in [4.69, 9.17) is 4.74 Å². The lowest BCUT2D eigenvalue weighted by Crippen LogP contribution is -2.51. The van der Waals surface area contributed by atoms with Crippen molar-refractivity contribution < 1.29 is 19.1 Å². The lowest BCUT2D eigenvalue weighted by molar-refractivity contribution is -0.140. The van der Waals surface area contributed by atoms with Crippen molar-refractivity contribution in [2.75, 3.05) is 13.2 Å². The number of carbonyl (C=O) groups excluding carboxylic acids is 3. The van der Waals surface area contributed by atoms with Crippen molar-refractivity contribution in [2.24, 2.45) is 0 Å². The first-order chi connectivity index (χ1) is 16.1. The average Bonchev–Trinajstić information content (AvgIpc) is 3.35. The summed E-state index contributed by atoms with van der Waals surface area (Å²) < 4.78 is 5.58. The fraction of sp³-hybridized carbons (Fsp3) is 0.423. The van der Waals surface area contributed by atoms with Gasteiger partial charge in [-0.1, -0.05) is 36.4 Å². The maximum atomic E-state index is 12.9. The largest absolute Gasteiger partial charge is 0.484 e. The van der Waals surface area contributed by atoms with Gasteiger partial charge in [0.2, 0.25) is 5.91 Å². The van der Waals surface area contributed by atoms with E-state index in [-0.39, 0.29) is 36.4 Å². The number of nitrogens with one attached hydrogen (secondary N) is 2. The van der Waals surface area contributed by atoms with E-state index in [1.807, 2.05) is 36.4 Å². The van der Waals surface area contributed by atoms with Gasteiger partial charge >= 0.3 is 0 Å². The molecule has 2 aromatic carbocycles. The highest BCUT2D eigenvalue weighted by Gasteiger charge is 2.35. The minimum absolute atomic E-state index is 0.0547. The Labute approximate surface area is 194 Å². The van der Waals surface area contributed by atoms with Gasteiger partial charge in [0.05, 0.1) is 0 Å².